The van der Waals surface area contributed by atoms with Crippen molar-refractivity contribution in [2.24, 2.45) is 0 Å². The molecule has 0 radical (unpaired) electrons. The van der Waals surface area contributed by atoms with Crippen molar-refractivity contribution in [2.75, 3.05) is 20.3 Å². The standard InChI is InChI=1S/C25H42O3/c1-3-4-5-6-7-8-9-10-11-12-13-14-15-16-21-28-22-25(26)23-17-19-24(27-2)20-18-23/h17-20H,3-16,21-22H2,1-2H3. The topological polar surface area (TPSA) is 35.5 Å². The van der Waals surface area contributed by atoms with Gasteiger partial charge in [-0.25, -0.2) is 0 Å². The molecule has 1 aromatic rings. The van der Waals surface area contributed by atoms with Gasteiger partial charge in [0.25, 0.3) is 0 Å². The van der Waals surface area contributed by atoms with Crippen molar-refractivity contribution >= 4 is 5.78 Å². The molecule has 0 unspecified atom stereocenters. The Labute approximate surface area is 173 Å². The summed E-state index contributed by atoms with van der Waals surface area (Å²) in [6, 6.07) is 7.19. The predicted molar refractivity (Wildman–Crippen MR) is 118 cm³/mol. The van der Waals surface area contributed by atoms with Gasteiger partial charge in [-0.3, -0.25) is 4.79 Å². The summed E-state index contributed by atoms with van der Waals surface area (Å²) in [5, 5.41) is 0. The van der Waals surface area contributed by atoms with E-state index in [4.69, 9.17) is 9.47 Å². The summed E-state index contributed by atoms with van der Waals surface area (Å²) in [7, 11) is 1.62. The molecule has 1 aromatic carbocycles. The lowest BCUT2D eigenvalue weighted by Gasteiger charge is -2.05. The summed E-state index contributed by atoms with van der Waals surface area (Å²) in [6.45, 7) is 3.13. The van der Waals surface area contributed by atoms with Crippen LogP contribution in [-0.4, -0.2) is 26.1 Å². The second-order valence-corrected chi connectivity index (χ2v) is 7.80. The maximum Gasteiger partial charge on any atom is 0.188 e. The highest BCUT2D eigenvalue weighted by Gasteiger charge is 2.05. The fourth-order valence-electron chi connectivity index (χ4n) is 3.42. The Balaban J connectivity index is 1.83. The van der Waals surface area contributed by atoms with E-state index in [1.54, 1.807) is 31.4 Å². The van der Waals surface area contributed by atoms with Crippen LogP contribution in [0.3, 0.4) is 0 Å². The number of carbonyl (C=O) groups excluding carboxylic acids is 1. The van der Waals surface area contributed by atoms with Crippen LogP contribution >= 0.6 is 0 Å². The van der Waals surface area contributed by atoms with Crippen LogP contribution in [0.1, 0.15) is 107 Å². The molecule has 0 atom stereocenters. The van der Waals surface area contributed by atoms with Crippen LogP contribution in [0.4, 0.5) is 0 Å². The van der Waals surface area contributed by atoms with Crippen LogP contribution in [0.2, 0.25) is 0 Å². The molecule has 0 aliphatic rings. The molecule has 0 N–H and O–H groups in total. The fourth-order valence-corrected chi connectivity index (χ4v) is 3.42. The van der Waals surface area contributed by atoms with Crippen LogP contribution in [0.15, 0.2) is 24.3 Å². The Hall–Kier alpha value is -1.35. The molecule has 0 heterocycles. The number of methoxy groups -OCH3 is 1. The first-order valence-corrected chi connectivity index (χ1v) is 11.5. The normalized spacial score (nSPS) is 10.9. The smallest absolute Gasteiger partial charge is 0.188 e. The molecule has 160 valence electrons. The number of ether oxygens (including phenoxy) is 2. The van der Waals surface area contributed by atoms with Gasteiger partial charge in [-0.1, -0.05) is 90.4 Å². The molecular formula is C25H42O3. The van der Waals surface area contributed by atoms with Crippen molar-refractivity contribution in [1.82, 2.24) is 0 Å². The molecule has 0 spiro atoms. The van der Waals surface area contributed by atoms with E-state index in [1.165, 1.54) is 83.5 Å². The second-order valence-electron chi connectivity index (χ2n) is 7.80. The average molecular weight is 391 g/mol. The van der Waals surface area contributed by atoms with Crippen molar-refractivity contribution in [2.45, 2.75) is 96.8 Å². The highest BCUT2D eigenvalue weighted by Crippen LogP contribution is 2.14. The van der Waals surface area contributed by atoms with Crippen molar-refractivity contribution in [3.63, 3.8) is 0 Å². The van der Waals surface area contributed by atoms with Crippen LogP contribution in [0.5, 0.6) is 5.75 Å². The van der Waals surface area contributed by atoms with Crippen molar-refractivity contribution in [1.29, 1.82) is 0 Å². The zero-order valence-corrected chi connectivity index (χ0v) is 18.3. The molecule has 1 rings (SSSR count). The SMILES string of the molecule is CCCCCCCCCCCCCCCCOCC(=O)c1ccc(OC)cc1. The van der Waals surface area contributed by atoms with E-state index < -0.39 is 0 Å². The molecule has 3 heteroatoms. The van der Waals surface area contributed by atoms with Gasteiger partial charge in [0, 0.05) is 12.2 Å². The van der Waals surface area contributed by atoms with Crippen molar-refractivity contribution in [3.05, 3.63) is 29.8 Å². The first-order valence-electron chi connectivity index (χ1n) is 11.5. The number of hydrogen-bond donors (Lipinski definition) is 0. The third-order valence-electron chi connectivity index (χ3n) is 5.29. The van der Waals surface area contributed by atoms with Gasteiger partial charge in [-0.05, 0) is 30.7 Å². The van der Waals surface area contributed by atoms with Crippen molar-refractivity contribution < 1.29 is 14.3 Å². The molecular weight excluding hydrogens is 348 g/mol. The molecule has 0 aliphatic heterocycles. The van der Waals surface area contributed by atoms with E-state index in [2.05, 4.69) is 6.92 Å². The van der Waals surface area contributed by atoms with Gasteiger partial charge in [0.2, 0.25) is 0 Å². The van der Waals surface area contributed by atoms with E-state index >= 15 is 0 Å². The van der Waals surface area contributed by atoms with E-state index in [0.29, 0.717) is 12.2 Å². The van der Waals surface area contributed by atoms with Crippen LogP contribution in [0, 0.1) is 0 Å². The van der Waals surface area contributed by atoms with Gasteiger partial charge in [0.05, 0.1) is 7.11 Å². The first-order chi connectivity index (χ1) is 13.8. The lowest BCUT2D eigenvalue weighted by Crippen LogP contribution is -2.09. The number of benzene rings is 1. The third-order valence-corrected chi connectivity index (χ3v) is 5.29. The van der Waals surface area contributed by atoms with Gasteiger partial charge in [-0.15, -0.1) is 0 Å². The van der Waals surface area contributed by atoms with E-state index in [1.807, 2.05) is 0 Å². The lowest BCUT2D eigenvalue weighted by atomic mass is 10.0. The number of hydrogen-bond acceptors (Lipinski definition) is 3. The van der Waals surface area contributed by atoms with Crippen LogP contribution in [-0.2, 0) is 4.74 Å². The van der Waals surface area contributed by atoms with Crippen molar-refractivity contribution in [3.8, 4) is 5.75 Å². The fraction of sp³-hybridized carbons (Fsp3) is 0.720. The third kappa shape index (κ3) is 12.9. The molecule has 0 amide bonds. The van der Waals surface area contributed by atoms with E-state index in [9.17, 15) is 4.79 Å². The Morgan fingerprint density at radius 3 is 1.64 bits per heavy atom. The minimum atomic E-state index is 0.0352. The maximum absolute atomic E-state index is 12.0. The zero-order chi connectivity index (χ0) is 20.3. The average Bonchev–Trinajstić information content (AvgIpc) is 2.73. The number of unbranched alkanes of at least 4 members (excludes halogenated alkanes) is 13. The highest BCUT2D eigenvalue weighted by molar-refractivity contribution is 5.97. The lowest BCUT2D eigenvalue weighted by molar-refractivity contribution is 0.0752. The first kappa shape index (κ1) is 24.7. The highest BCUT2D eigenvalue weighted by atomic mass is 16.5. The zero-order valence-electron chi connectivity index (χ0n) is 18.3. The largest absolute Gasteiger partial charge is 0.497 e. The van der Waals surface area contributed by atoms with E-state index in [-0.39, 0.29) is 12.4 Å². The Morgan fingerprint density at radius 2 is 1.18 bits per heavy atom. The molecule has 0 saturated carbocycles. The Morgan fingerprint density at radius 1 is 0.714 bits per heavy atom. The van der Waals surface area contributed by atoms with Gasteiger partial charge < -0.3 is 9.47 Å². The molecule has 0 aromatic heterocycles. The Kier molecular flexibility index (Phi) is 15.6. The summed E-state index contributed by atoms with van der Waals surface area (Å²) in [6.07, 6.45) is 18.9. The number of ketones is 1. The molecule has 0 saturated heterocycles. The minimum absolute atomic E-state index is 0.0352. The summed E-state index contributed by atoms with van der Waals surface area (Å²) in [5.74, 6) is 0.799. The quantitative estimate of drug-likeness (QED) is 0.183. The molecule has 0 bridgehead atoms. The number of Topliss-reactive ketones (excluding diaryl/α,β-unsaturated/α-hetero) is 1. The van der Waals surface area contributed by atoms with E-state index in [0.717, 1.165) is 12.2 Å². The number of carbonyl (C=O) groups is 1. The Bertz CT molecular complexity index is 481. The van der Waals surface area contributed by atoms with Gasteiger partial charge in [0.15, 0.2) is 5.78 Å². The van der Waals surface area contributed by atoms with Gasteiger partial charge in [0.1, 0.15) is 12.4 Å². The van der Waals surface area contributed by atoms with Crippen LogP contribution in [0.25, 0.3) is 0 Å². The summed E-state index contributed by atoms with van der Waals surface area (Å²) in [4.78, 5) is 12.0. The second kappa shape index (κ2) is 17.7. The van der Waals surface area contributed by atoms with Crippen LogP contribution < -0.4 is 4.74 Å². The monoisotopic (exact) mass is 390 g/mol. The van der Waals surface area contributed by atoms with Gasteiger partial charge in [-0.2, -0.15) is 0 Å². The minimum Gasteiger partial charge on any atom is -0.497 e. The molecule has 0 aliphatic carbocycles. The summed E-state index contributed by atoms with van der Waals surface area (Å²) < 4.78 is 10.6. The molecule has 28 heavy (non-hydrogen) atoms. The molecule has 0 fully saturated rings. The predicted octanol–water partition coefficient (Wildman–Crippen LogP) is 7.38. The molecule has 3 nitrogen and oxygen atoms in total. The summed E-state index contributed by atoms with van der Waals surface area (Å²) >= 11 is 0. The number of rotatable bonds is 19. The maximum atomic E-state index is 12.0. The van der Waals surface area contributed by atoms with Gasteiger partial charge >= 0.3 is 0 Å². The summed E-state index contributed by atoms with van der Waals surface area (Å²) in [5.41, 5.74) is 0.682.